The second kappa shape index (κ2) is 7.09. The molecule has 2 aromatic rings. The Kier molecular flexibility index (Phi) is 4.39. The van der Waals surface area contributed by atoms with Crippen LogP contribution in [0.15, 0.2) is 60.3 Å². The van der Waals surface area contributed by atoms with E-state index < -0.39 is 17.1 Å². The molecule has 1 saturated carbocycles. The summed E-state index contributed by atoms with van der Waals surface area (Å²) in [6.45, 7) is 5.89. The summed E-state index contributed by atoms with van der Waals surface area (Å²) >= 11 is 0. The first kappa shape index (κ1) is 19.8. The number of hydrogen-bond donors (Lipinski definition) is 2. The van der Waals surface area contributed by atoms with Crippen LogP contribution < -0.4 is 4.74 Å². The van der Waals surface area contributed by atoms with E-state index in [9.17, 15) is 10.2 Å². The number of benzene rings is 2. The molecule has 2 N–H and O–H groups in total. The van der Waals surface area contributed by atoms with Gasteiger partial charge in [0, 0.05) is 24.7 Å². The summed E-state index contributed by atoms with van der Waals surface area (Å²) in [6, 6.07) is 13.6. The maximum absolute atomic E-state index is 12.3. The summed E-state index contributed by atoms with van der Waals surface area (Å²) < 4.78 is 6.43. The fraction of sp³-hybridized carbons (Fsp3) is 0.423. The van der Waals surface area contributed by atoms with Crippen LogP contribution in [0.4, 0.5) is 0 Å². The zero-order valence-electron chi connectivity index (χ0n) is 18.0. The van der Waals surface area contributed by atoms with Crippen LogP contribution >= 0.6 is 0 Å². The normalized spacial score (nSPS) is 33.5. The molecular formula is C26H28N2O4. The number of phenolic OH excluding ortho intramolecular Hbond substituents is 1. The second-order valence-corrected chi connectivity index (χ2v) is 9.44. The standard InChI is InChI=1S/C26H28N2O4/c1-2-13-28-14-12-25-22-18-8-9-20(29)23(22)32-24(25)19(10-11-26(25,30)21(28)15-18)27-31-16-17-6-4-3-5-7-17/h2-9,21,24,29-30H,1,10-16H2/t21-,24+,25+,26?/m1/s1. The third-order valence-electron chi connectivity index (χ3n) is 8.01. The van der Waals surface area contributed by atoms with Gasteiger partial charge in [-0.3, -0.25) is 4.90 Å². The van der Waals surface area contributed by atoms with Gasteiger partial charge in [0.05, 0.1) is 16.7 Å². The number of aliphatic hydroxyl groups is 1. The summed E-state index contributed by atoms with van der Waals surface area (Å²) in [7, 11) is 0. The Labute approximate surface area is 187 Å². The van der Waals surface area contributed by atoms with E-state index in [4.69, 9.17) is 9.57 Å². The summed E-state index contributed by atoms with van der Waals surface area (Å²) in [5.74, 6) is 0.644. The molecular weight excluding hydrogens is 404 g/mol. The summed E-state index contributed by atoms with van der Waals surface area (Å²) in [5.41, 5.74) is 2.41. The van der Waals surface area contributed by atoms with Crippen molar-refractivity contribution in [3.8, 4) is 11.5 Å². The molecule has 2 aliphatic heterocycles. The molecule has 1 spiro atoms. The molecule has 2 aliphatic carbocycles. The van der Waals surface area contributed by atoms with Gasteiger partial charge in [-0.25, -0.2) is 0 Å². The predicted octanol–water partition coefficient (Wildman–Crippen LogP) is 3.31. The lowest BCUT2D eigenvalue weighted by Gasteiger charge is -2.62. The first-order chi connectivity index (χ1) is 15.6. The molecule has 1 unspecified atom stereocenters. The molecule has 0 amide bonds. The maximum atomic E-state index is 12.3. The molecule has 6 heteroatoms. The van der Waals surface area contributed by atoms with Crippen LogP contribution in [0.5, 0.6) is 11.5 Å². The van der Waals surface area contributed by atoms with Crippen molar-refractivity contribution in [3.63, 3.8) is 0 Å². The van der Waals surface area contributed by atoms with Crippen molar-refractivity contribution in [2.24, 2.45) is 5.16 Å². The highest BCUT2D eigenvalue weighted by molar-refractivity contribution is 5.94. The van der Waals surface area contributed by atoms with Crippen molar-refractivity contribution in [2.75, 3.05) is 13.1 Å². The van der Waals surface area contributed by atoms with Gasteiger partial charge in [0.2, 0.25) is 0 Å². The van der Waals surface area contributed by atoms with Crippen LogP contribution in [0.3, 0.4) is 0 Å². The Morgan fingerprint density at radius 1 is 1.22 bits per heavy atom. The van der Waals surface area contributed by atoms with E-state index in [1.165, 1.54) is 0 Å². The first-order valence-corrected chi connectivity index (χ1v) is 11.4. The molecule has 6 nitrogen and oxygen atoms in total. The SMILES string of the molecule is C=CCN1CC[C@]23c4c5ccc(O)c4O[C@H]2C(=NOCc2ccccc2)CCC3(O)[C@H]1C5. The van der Waals surface area contributed by atoms with Gasteiger partial charge in [-0.2, -0.15) is 0 Å². The van der Waals surface area contributed by atoms with Crippen molar-refractivity contribution in [3.05, 3.63) is 71.8 Å². The Balaban J connectivity index is 1.42. The van der Waals surface area contributed by atoms with E-state index in [0.717, 1.165) is 48.3 Å². The lowest BCUT2D eigenvalue weighted by molar-refractivity contribution is -0.164. The minimum Gasteiger partial charge on any atom is -0.504 e. The number of hydrogen-bond acceptors (Lipinski definition) is 6. The Hall–Kier alpha value is -2.83. The molecule has 0 aromatic heterocycles. The number of aromatic hydroxyl groups is 1. The zero-order chi connectivity index (χ0) is 21.9. The number of phenols is 1. The third-order valence-corrected chi connectivity index (χ3v) is 8.01. The molecule has 166 valence electrons. The number of oxime groups is 1. The molecule has 2 bridgehead atoms. The van der Waals surface area contributed by atoms with Gasteiger partial charge in [-0.1, -0.05) is 47.6 Å². The summed E-state index contributed by atoms with van der Waals surface area (Å²) in [6.07, 6.45) is 4.14. The second-order valence-electron chi connectivity index (χ2n) is 9.44. The Morgan fingerprint density at radius 3 is 2.88 bits per heavy atom. The van der Waals surface area contributed by atoms with Crippen LogP contribution in [0, 0.1) is 0 Å². The fourth-order valence-corrected chi connectivity index (χ4v) is 6.67. The topological polar surface area (TPSA) is 74.5 Å². The van der Waals surface area contributed by atoms with E-state index in [1.54, 1.807) is 6.07 Å². The zero-order valence-corrected chi connectivity index (χ0v) is 18.0. The smallest absolute Gasteiger partial charge is 0.166 e. The number of piperidine rings is 1. The van der Waals surface area contributed by atoms with E-state index in [1.807, 2.05) is 42.5 Å². The molecule has 2 heterocycles. The van der Waals surface area contributed by atoms with Gasteiger partial charge in [-0.05, 0) is 42.9 Å². The molecule has 6 rings (SSSR count). The highest BCUT2D eigenvalue weighted by atomic mass is 16.6. The number of likely N-dealkylation sites (tertiary alicyclic amines) is 1. The molecule has 32 heavy (non-hydrogen) atoms. The first-order valence-electron chi connectivity index (χ1n) is 11.4. The van der Waals surface area contributed by atoms with Crippen LogP contribution in [0.1, 0.15) is 36.0 Å². The molecule has 1 saturated heterocycles. The number of rotatable bonds is 5. The molecule has 2 aromatic carbocycles. The third kappa shape index (κ3) is 2.51. The van der Waals surface area contributed by atoms with Gasteiger partial charge in [0.25, 0.3) is 0 Å². The van der Waals surface area contributed by atoms with Gasteiger partial charge >= 0.3 is 0 Å². The van der Waals surface area contributed by atoms with Crippen LogP contribution in [-0.2, 0) is 23.3 Å². The molecule has 4 atom stereocenters. The average molecular weight is 433 g/mol. The highest BCUT2D eigenvalue weighted by Crippen LogP contribution is 2.64. The lowest BCUT2D eigenvalue weighted by Crippen LogP contribution is -2.76. The van der Waals surface area contributed by atoms with Crippen molar-refractivity contribution in [1.29, 1.82) is 0 Å². The highest BCUT2D eigenvalue weighted by Gasteiger charge is 2.72. The number of nitrogens with zero attached hydrogens (tertiary/aromatic N) is 2. The maximum Gasteiger partial charge on any atom is 0.166 e. The van der Waals surface area contributed by atoms with Gasteiger partial charge in [0.1, 0.15) is 6.61 Å². The monoisotopic (exact) mass is 432 g/mol. The fourth-order valence-electron chi connectivity index (χ4n) is 6.67. The average Bonchev–Trinajstić information content (AvgIpc) is 3.15. The van der Waals surface area contributed by atoms with Crippen molar-refractivity contribution in [1.82, 2.24) is 4.90 Å². The van der Waals surface area contributed by atoms with E-state index in [-0.39, 0.29) is 11.8 Å². The predicted molar refractivity (Wildman–Crippen MR) is 121 cm³/mol. The van der Waals surface area contributed by atoms with Gasteiger partial charge < -0.3 is 19.8 Å². The Morgan fingerprint density at radius 2 is 2.06 bits per heavy atom. The van der Waals surface area contributed by atoms with Crippen molar-refractivity contribution < 1.29 is 19.8 Å². The van der Waals surface area contributed by atoms with E-state index in [0.29, 0.717) is 25.2 Å². The summed E-state index contributed by atoms with van der Waals surface area (Å²) in [5, 5.41) is 27.4. The molecule has 2 fully saturated rings. The van der Waals surface area contributed by atoms with Crippen LogP contribution in [0.25, 0.3) is 0 Å². The quantitative estimate of drug-likeness (QED) is 0.560. The van der Waals surface area contributed by atoms with Crippen LogP contribution in [0.2, 0.25) is 0 Å². The van der Waals surface area contributed by atoms with Gasteiger partial charge in [0.15, 0.2) is 17.6 Å². The molecule has 4 aliphatic rings. The summed E-state index contributed by atoms with van der Waals surface area (Å²) in [4.78, 5) is 8.09. The van der Waals surface area contributed by atoms with Crippen molar-refractivity contribution >= 4 is 5.71 Å². The van der Waals surface area contributed by atoms with E-state index >= 15 is 0 Å². The van der Waals surface area contributed by atoms with Crippen molar-refractivity contribution in [2.45, 2.75) is 55.5 Å². The minimum atomic E-state index is -0.955. The lowest BCUT2D eigenvalue weighted by atomic mass is 9.49. The minimum absolute atomic E-state index is 0.0184. The van der Waals surface area contributed by atoms with Crippen LogP contribution in [-0.4, -0.2) is 51.7 Å². The number of ether oxygens (including phenoxy) is 1. The molecule has 0 radical (unpaired) electrons. The Bertz CT molecular complexity index is 1100. The van der Waals surface area contributed by atoms with Gasteiger partial charge in [-0.15, -0.1) is 6.58 Å². The largest absolute Gasteiger partial charge is 0.504 e. The van der Waals surface area contributed by atoms with E-state index in [2.05, 4.69) is 16.6 Å².